The molecule has 1 saturated heterocycles. The number of hydrogen-bond acceptors (Lipinski definition) is 4. The largest absolute Gasteiger partial charge is 0.435 e. The maximum Gasteiger partial charge on any atom is 0.387 e. The van der Waals surface area contributed by atoms with Crippen LogP contribution in [0.25, 0.3) is 0 Å². The fraction of sp³-hybridized carbons (Fsp3) is 0.467. The third kappa shape index (κ3) is 5.48. The minimum atomic E-state index is -2.84. The van der Waals surface area contributed by atoms with Crippen molar-refractivity contribution in [1.29, 1.82) is 0 Å². The van der Waals surface area contributed by atoms with Crippen LogP contribution in [0.2, 0.25) is 0 Å². The van der Waals surface area contributed by atoms with E-state index in [2.05, 4.69) is 10.1 Å². The molecule has 0 bridgehead atoms. The van der Waals surface area contributed by atoms with Gasteiger partial charge in [0.05, 0.1) is 13.1 Å². The number of benzene rings is 1. The van der Waals surface area contributed by atoms with Gasteiger partial charge < -0.3 is 15.0 Å². The molecule has 2 amide bonds. The van der Waals surface area contributed by atoms with Gasteiger partial charge in [0.15, 0.2) is 0 Å². The summed E-state index contributed by atoms with van der Waals surface area (Å²) in [6.07, 6.45) is 0. The van der Waals surface area contributed by atoms with Crippen LogP contribution in [0.15, 0.2) is 24.3 Å². The predicted molar refractivity (Wildman–Crippen MR) is 79.0 cm³/mol. The summed E-state index contributed by atoms with van der Waals surface area (Å²) >= 11 is 0. The first-order valence-corrected chi connectivity index (χ1v) is 7.21. The molecule has 1 fully saturated rings. The van der Waals surface area contributed by atoms with E-state index in [1.54, 1.807) is 24.1 Å². The number of alkyl halides is 2. The molecule has 0 unspecified atom stereocenters. The maximum absolute atomic E-state index is 12.1. The Morgan fingerprint density at radius 2 is 2.09 bits per heavy atom. The number of halogens is 2. The van der Waals surface area contributed by atoms with Gasteiger partial charge in [-0.05, 0) is 24.7 Å². The van der Waals surface area contributed by atoms with E-state index in [0.29, 0.717) is 19.6 Å². The summed E-state index contributed by atoms with van der Waals surface area (Å²) in [5, 5.41) is 2.67. The summed E-state index contributed by atoms with van der Waals surface area (Å²) in [6, 6.07) is 6.28. The third-order valence-corrected chi connectivity index (χ3v) is 3.40. The fourth-order valence-corrected chi connectivity index (χ4v) is 2.33. The standard InChI is InChI=1S/C15H19F2N3O3/c1-19(10-14(22)20-7-6-18-13(21)9-20)8-11-2-4-12(5-3-11)23-15(16)17/h2-5,15H,6-10H2,1H3,(H,18,21). The van der Waals surface area contributed by atoms with Gasteiger partial charge in [0, 0.05) is 19.6 Å². The minimum absolute atomic E-state index is 0.0896. The monoisotopic (exact) mass is 327 g/mol. The van der Waals surface area contributed by atoms with Gasteiger partial charge >= 0.3 is 6.61 Å². The zero-order chi connectivity index (χ0) is 16.8. The molecule has 23 heavy (non-hydrogen) atoms. The van der Waals surface area contributed by atoms with E-state index in [1.165, 1.54) is 17.0 Å². The zero-order valence-electron chi connectivity index (χ0n) is 12.8. The molecular weight excluding hydrogens is 308 g/mol. The van der Waals surface area contributed by atoms with Crippen LogP contribution < -0.4 is 10.1 Å². The summed E-state index contributed by atoms with van der Waals surface area (Å²) in [7, 11) is 1.78. The van der Waals surface area contributed by atoms with Gasteiger partial charge in [0.25, 0.3) is 0 Å². The molecule has 8 heteroatoms. The molecule has 0 atom stereocenters. The van der Waals surface area contributed by atoms with Crippen LogP contribution in [0.3, 0.4) is 0 Å². The number of rotatable bonds is 6. The van der Waals surface area contributed by atoms with Crippen LogP contribution in [0, 0.1) is 0 Å². The Balaban J connectivity index is 1.82. The number of likely N-dealkylation sites (N-methyl/N-ethyl adjacent to an activating group) is 1. The van der Waals surface area contributed by atoms with Crippen molar-refractivity contribution >= 4 is 11.8 Å². The van der Waals surface area contributed by atoms with Crippen molar-refractivity contribution in [2.45, 2.75) is 13.2 Å². The average molecular weight is 327 g/mol. The Labute approximate surface area is 133 Å². The molecule has 6 nitrogen and oxygen atoms in total. The van der Waals surface area contributed by atoms with Crippen molar-refractivity contribution in [2.24, 2.45) is 0 Å². The SMILES string of the molecule is CN(CC(=O)N1CCNC(=O)C1)Cc1ccc(OC(F)F)cc1. The average Bonchev–Trinajstić information content (AvgIpc) is 2.48. The van der Waals surface area contributed by atoms with Gasteiger partial charge in [0.1, 0.15) is 5.75 Å². The molecule has 1 heterocycles. The molecule has 1 aliphatic heterocycles. The van der Waals surface area contributed by atoms with E-state index in [4.69, 9.17) is 0 Å². The molecule has 1 aliphatic rings. The second-order valence-electron chi connectivity index (χ2n) is 5.36. The van der Waals surface area contributed by atoms with Crippen molar-refractivity contribution in [1.82, 2.24) is 15.1 Å². The second kappa shape index (κ2) is 7.87. The van der Waals surface area contributed by atoms with Crippen molar-refractivity contribution in [2.75, 3.05) is 33.2 Å². The highest BCUT2D eigenvalue weighted by molar-refractivity contribution is 5.86. The van der Waals surface area contributed by atoms with Gasteiger partial charge in [-0.1, -0.05) is 12.1 Å². The first kappa shape index (κ1) is 17.1. The van der Waals surface area contributed by atoms with Crippen molar-refractivity contribution in [3.63, 3.8) is 0 Å². The number of nitrogens with zero attached hydrogens (tertiary/aromatic N) is 2. The molecular formula is C15H19F2N3O3. The molecule has 2 rings (SSSR count). The maximum atomic E-state index is 12.1. The van der Waals surface area contributed by atoms with Crippen LogP contribution >= 0.6 is 0 Å². The van der Waals surface area contributed by atoms with Crippen LogP contribution in [-0.4, -0.2) is 61.5 Å². The van der Waals surface area contributed by atoms with E-state index in [-0.39, 0.29) is 30.7 Å². The van der Waals surface area contributed by atoms with Gasteiger partial charge in [0.2, 0.25) is 11.8 Å². The molecule has 126 valence electrons. The van der Waals surface area contributed by atoms with E-state index in [1.807, 2.05) is 0 Å². The Hall–Kier alpha value is -2.22. The van der Waals surface area contributed by atoms with E-state index < -0.39 is 6.61 Å². The lowest BCUT2D eigenvalue weighted by Gasteiger charge is -2.28. The molecule has 0 aromatic heterocycles. The van der Waals surface area contributed by atoms with Gasteiger partial charge in [-0.3, -0.25) is 14.5 Å². The molecule has 0 saturated carbocycles. The van der Waals surface area contributed by atoms with Crippen molar-refractivity contribution in [3.8, 4) is 5.75 Å². The topological polar surface area (TPSA) is 61.9 Å². The summed E-state index contributed by atoms with van der Waals surface area (Å²) in [6.45, 7) is -1.10. The molecule has 0 radical (unpaired) electrons. The molecule has 0 aliphatic carbocycles. The van der Waals surface area contributed by atoms with Crippen LogP contribution in [0.5, 0.6) is 5.75 Å². The number of piperazine rings is 1. The highest BCUT2D eigenvalue weighted by atomic mass is 19.3. The first-order valence-electron chi connectivity index (χ1n) is 7.21. The summed E-state index contributed by atoms with van der Waals surface area (Å²) < 4.78 is 28.4. The molecule has 1 aromatic carbocycles. The lowest BCUT2D eigenvalue weighted by molar-refractivity contribution is -0.138. The fourth-order valence-electron chi connectivity index (χ4n) is 2.33. The number of hydrogen-bond donors (Lipinski definition) is 1. The van der Waals surface area contributed by atoms with Crippen molar-refractivity contribution in [3.05, 3.63) is 29.8 Å². The summed E-state index contributed by atoms with van der Waals surface area (Å²) in [5.41, 5.74) is 0.873. The highest BCUT2D eigenvalue weighted by Gasteiger charge is 2.21. The molecule has 1 aromatic rings. The summed E-state index contributed by atoms with van der Waals surface area (Å²) in [4.78, 5) is 26.7. The predicted octanol–water partition coefficient (Wildman–Crippen LogP) is 0.678. The Kier molecular flexibility index (Phi) is 5.86. The number of nitrogens with one attached hydrogen (secondary N) is 1. The van der Waals surface area contributed by atoms with Crippen molar-refractivity contribution < 1.29 is 23.1 Å². The third-order valence-electron chi connectivity index (χ3n) is 3.40. The van der Waals surface area contributed by atoms with Crippen LogP contribution in [0.4, 0.5) is 8.78 Å². The highest BCUT2D eigenvalue weighted by Crippen LogP contribution is 2.15. The Morgan fingerprint density at radius 1 is 1.39 bits per heavy atom. The second-order valence-corrected chi connectivity index (χ2v) is 5.36. The first-order chi connectivity index (χ1) is 10.9. The van der Waals surface area contributed by atoms with Crippen LogP contribution in [-0.2, 0) is 16.1 Å². The number of ether oxygens (including phenoxy) is 1. The normalized spacial score (nSPS) is 15.0. The number of carbonyl (C=O) groups excluding carboxylic acids is 2. The lowest BCUT2D eigenvalue weighted by atomic mass is 10.2. The van der Waals surface area contributed by atoms with Crippen LogP contribution in [0.1, 0.15) is 5.56 Å². The van der Waals surface area contributed by atoms with Gasteiger partial charge in [-0.2, -0.15) is 8.78 Å². The smallest absolute Gasteiger partial charge is 0.387 e. The lowest BCUT2D eigenvalue weighted by Crippen LogP contribution is -2.52. The molecule has 1 N–H and O–H groups in total. The van der Waals surface area contributed by atoms with E-state index in [0.717, 1.165) is 5.56 Å². The Bertz CT molecular complexity index is 551. The van der Waals surface area contributed by atoms with E-state index >= 15 is 0 Å². The number of carbonyl (C=O) groups is 2. The van der Waals surface area contributed by atoms with E-state index in [9.17, 15) is 18.4 Å². The van der Waals surface area contributed by atoms with Gasteiger partial charge in [-0.25, -0.2) is 0 Å². The summed E-state index contributed by atoms with van der Waals surface area (Å²) in [5.74, 6) is -0.163. The quantitative estimate of drug-likeness (QED) is 0.835. The molecule has 0 spiro atoms. The minimum Gasteiger partial charge on any atom is -0.435 e. The number of amides is 2. The Morgan fingerprint density at radius 3 is 2.70 bits per heavy atom. The van der Waals surface area contributed by atoms with Gasteiger partial charge in [-0.15, -0.1) is 0 Å². The zero-order valence-corrected chi connectivity index (χ0v) is 12.8.